The number of carbonyl (C=O) groups excluding carboxylic acids is 1. The molecule has 1 amide bonds. The second-order valence-corrected chi connectivity index (χ2v) is 8.65. The van der Waals surface area contributed by atoms with Gasteiger partial charge in [0, 0.05) is 17.8 Å². The molecule has 0 bridgehead atoms. The van der Waals surface area contributed by atoms with Gasteiger partial charge in [-0.3, -0.25) is 9.48 Å². The van der Waals surface area contributed by atoms with Crippen LogP contribution in [0.4, 0.5) is 5.69 Å². The number of ether oxygens (including phenoxy) is 3. The number of aromatic nitrogens is 2. The van der Waals surface area contributed by atoms with Crippen LogP contribution >= 0.6 is 15.9 Å². The van der Waals surface area contributed by atoms with Gasteiger partial charge < -0.3 is 19.5 Å². The van der Waals surface area contributed by atoms with Crippen molar-refractivity contribution in [2.45, 2.75) is 47.6 Å². The minimum atomic E-state index is -0.285. The summed E-state index contributed by atoms with van der Waals surface area (Å²) in [5, 5.41) is 7.21. The molecule has 1 aromatic rings. The first-order valence-electron chi connectivity index (χ1n) is 10.5. The van der Waals surface area contributed by atoms with Gasteiger partial charge in [-0.2, -0.15) is 5.10 Å². The zero-order valence-corrected chi connectivity index (χ0v) is 21.2. The standard InChI is InChI=1S/C24H32BrN3O4/c1-7-16(2)18(4)21(19(5)30-6)15-28-14-20(13-26-28)27-24(29)9-8-22-23(12-17(3)25)32-11-10-31-22/h8-9,12-14H,7,10-11,15H2,1-6H3,(H,27,29)/b9-8+,17-12+,18-16+,21-19-. The van der Waals surface area contributed by atoms with Crippen LogP contribution in [0.2, 0.25) is 0 Å². The fraction of sp³-hybridized carbons (Fsp3) is 0.417. The zero-order chi connectivity index (χ0) is 23.7. The molecular weight excluding hydrogens is 474 g/mol. The number of halogens is 1. The number of nitrogens with zero attached hydrogens (tertiary/aromatic N) is 2. The van der Waals surface area contributed by atoms with Crippen LogP contribution in [0, 0.1) is 0 Å². The van der Waals surface area contributed by atoms with Crippen molar-refractivity contribution in [3.05, 3.63) is 69.1 Å². The Morgan fingerprint density at radius 3 is 2.56 bits per heavy atom. The van der Waals surface area contributed by atoms with Gasteiger partial charge in [-0.1, -0.05) is 28.4 Å². The molecule has 0 saturated carbocycles. The quantitative estimate of drug-likeness (QED) is 0.268. The maximum absolute atomic E-state index is 12.4. The highest BCUT2D eigenvalue weighted by Crippen LogP contribution is 2.23. The Morgan fingerprint density at radius 1 is 1.25 bits per heavy atom. The van der Waals surface area contributed by atoms with Crippen LogP contribution in [0.5, 0.6) is 0 Å². The Labute approximate surface area is 198 Å². The smallest absolute Gasteiger partial charge is 0.248 e. The molecule has 8 heteroatoms. The largest absolute Gasteiger partial charge is 0.501 e. The topological polar surface area (TPSA) is 74.6 Å². The van der Waals surface area contributed by atoms with Gasteiger partial charge >= 0.3 is 0 Å². The summed E-state index contributed by atoms with van der Waals surface area (Å²) in [6.45, 7) is 11.7. The molecular formula is C24H32BrN3O4. The third kappa shape index (κ3) is 7.44. The van der Waals surface area contributed by atoms with Crippen molar-refractivity contribution in [2.75, 3.05) is 25.6 Å². The highest BCUT2D eigenvalue weighted by Gasteiger charge is 2.13. The van der Waals surface area contributed by atoms with E-state index in [4.69, 9.17) is 14.2 Å². The first kappa shape index (κ1) is 25.5. The second-order valence-electron chi connectivity index (χ2n) is 7.40. The average molecular weight is 506 g/mol. The van der Waals surface area contributed by atoms with Crippen molar-refractivity contribution >= 4 is 27.5 Å². The van der Waals surface area contributed by atoms with E-state index in [0.29, 0.717) is 37.0 Å². The Bertz CT molecular complexity index is 979. The van der Waals surface area contributed by atoms with E-state index in [1.54, 1.807) is 30.3 Å². The van der Waals surface area contributed by atoms with E-state index in [1.165, 1.54) is 17.2 Å². The molecule has 174 valence electrons. The van der Waals surface area contributed by atoms with Gasteiger partial charge in [-0.05, 0) is 56.3 Å². The lowest BCUT2D eigenvalue weighted by Gasteiger charge is -2.18. The van der Waals surface area contributed by atoms with Crippen LogP contribution in [0.1, 0.15) is 41.0 Å². The highest BCUT2D eigenvalue weighted by molar-refractivity contribution is 9.11. The molecule has 0 radical (unpaired) electrons. The Balaban J connectivity index is 2.11. The molecule has 2 heterocycles. The Morgan fingerprint density at radius 2 is 1.94 bits per heavy atom. The van der Waals surface area contributed by atoms with Crippen molar-refractivity contribution in [1.29, 1.82) is 0 Å². The molecule has 0 spiro atoms. The van der Waals surface area contributed by atoms with Crippen LogP contribution in [0.3, 0.4) is 0 Å². The maximum atomic E-state index is 12.4. The lowest BCUT2D eigenvalue weighted by atomic mass is 10.00. The monoisotopic (exact) mass is 505 g/mol. The SMILES string of the molecule is CC/C(C)=C(C)/C(Cn1cc(NC(=O)/C=C/C2=C(/C=C(\C)Br)OCCO2)cn1)=C(/C)OC. The number of hydrogen-bond acceptors (Lipinski definition) is 5. The lowest BCUT2D eigenvalue weighted by Crippen LogP contribution is -2.13. The molecule has 0 aliphatic carbocycles. The number of hydrogen-bond donors (Lipinski definition) is 1. The van der Waals surface area contributed by atoms with Gasteiger partial charge in [0.15, 0.2) is 11.5 Å². The summed E-state index contributed by atoms with van der Waals surface area (Å²) < 4.78 is 19.4. The van der Waals surface area contributed by atoms with Crippen LogP contribution in [-0.4, -0.2) is 36.0 Å². The third-order valence-corrected chi connectivity index (χ3v) is 5.36. The van der Waals surface area contributed by atoms with Gasteiger partial charge in [0.2, 0.25) is 5.91 Å². The number of nitrogens with one attached hydrogen (secondary N) is 1. The van der Waals surface area contributed by atoms with E-state index >= 15 is 0 Å². The first-order valence-corrected chi connectivity index (χ1v) is 11.3. The molecule has 1 N–H and O–H groups in total. The average Bonchev–Trinajstić information content (AvgIpc) is 3.21. The van der Waals surface area contributed by atoms with Crippen molar-refractivity contribution in [3.63, 3.8) is 0 Å². The minimum Gasteiger partial charge on any atom is -0.501 e. The summed E-state index contributed by atoms with van der Waals surface area (Å²) in [7, 11) is 1.67. The molecule has 0 fully saturated rings. The first-order chi connectivity index (χ1) is 15.2. The van der Waals surface area contributed by atoms with E-state index in [0.717, 1.165) is 22.2 Å². The van der Waals surface area contributed by atoms with E-state index < -0.39 is 0 Å². The van der Waals surface area contributed by atoms with Gasteiger partial charge in [0.05, 0.1) is 31.3 Å². The molecule has 2 rings (SSSR count). The maximum Gasteiger partial charge on any atom is 0.248 e. The molecule has 1 aliphatic rings. The Hall–Kier alpha value is -2.74. The zero-order valence-electron chi connectivity index (χ0n) is 19.6. The predicted octanol–water partition coefficient (Wildman–Crippen LogP) is 5.60. The summed E-state index contributed by atoms with van der Waals surface area (Å²) in [5.41, 5.74) is 4.18. The van der Waals surface area contributed by atoms with Crippen LogP contribution in [0.25, 0.3) is 0 Å². The third-order valence-electron chi connectivity index (χ3n) is 5.13. The number of carbonyl (C=O) groups is 1. The number of allylic oxidation sites excluding steroid dienone is 7. The molecule has 0 atom stereocenters. The molecule has 0 saturated heterocycles. The number of rotatable bonds is 9. The van der Waals surface area contributed by atoms with Gasteiger partial charge in [-0.25, -0.2) is 0 Å². The van der Waals surface area contributed by atoms with Crippen molar-refractivity contribution < 1.29 is 19.0 Å². The summed E-state index contributed by atoms with van der Waals surface area (Å²) in [6.07, 6.45) is 9.22. The summed E-state index contributed by atoms with van der Waals surface area (Å²) >= 11 is 3.38. The fourth-order valence-corrected chi connectivity index (χ4v) is 3.23. The summed E-state index contributed by atoms with van der Waals surface area (Å²) in [6, 6.07) is 0. The van der Waals surface area contributed by atoms with Crippen molar-refractivity contribution in [1.82, 2.24) is 9.78 Å². The van der Waals surface area contributed by atoms with E-state index in [9.17, 15) is 4.79 Å². The Kier molecular flexibility index (Phi) is 9.84. The van der Waals surface area contributed by atoms with Gasteiger partial charge in [0.25, 0.3) is 0 Å². The molecule has 7 nitrogen and oxygen atoms in total. The minimum absolute atomic E-state index is 0.285. The highest BCUT2D eigenvalue weighted by atomic mass is 79.9. The molecule has 1 aromatic heterocycles. The van der Waals surface area contributed by atoms with E-state index in [1.807, 2.05) is 19.9 Å². The van der Waals surface area contributed by atoms with Gasteiger partial charge in [-0.15, -0.1) is 0 Å². The van der Waals surface area contributed by atoms with E-state index in [-0.39, 0.29) is 5.91 Å². The van der Waals surface area contributed by atoms with E-state index in [2.05, 4.69) is 47.1 Å². The fourth-order valence-electron chi connectivity index (χ4n) is 3.02. The molecule has 1 aliphatic heterocycles. The lowest BCUT2D eigenvalue weighted by molar-refractivity contribution is -0.111. The molecule has 0 unspecified atom stereocenters. The van der Waals surface area contributed by atoms with Crippen LogP contribution < -0.4 is 5.32 Å². The van der Waals surface area contributed by atoms with Crippen molar-refractivity contribution in [2.24, 2.45) is 0 Å². The summed E-state index contributed by atoms with van der Waals surface area (Å²) in [5.74, 6) is 1.66. The number of anilines is 1. The molecule has 32 heavy (non-hydrogen) atoms. The predicted molar refractivity (Wildman–Crippen MR) is 130 cm³/mol. The van der Waals surface area contributed by atoms with Crippen LogP contribution in [-0.2, 0) is 25.5 Å². The number of amides is 1. The summed E-state index contributed by atoms with van der Waals surface area (Å²) in [4.78, 5) is 12.4. The molecule has 0 aromatic carbocycles. The van der Waals surface area contributed by atoms with Crippen LogP contribution in [0.15, 0.2) is 69.1 Å². The normalized spacial score (nSPS) is 16.3. The van der Waals surface area contributed by atoms with Crippen molar-refractivity contribution in [3.8, 4) is 0 Å². The van der Waals surface area contributed by atoms with Gasteiger partial charge in [0.1, 0.15) is 13.2 Å². The number of methoxy groups -OCH3 is 1. The second kappa shape index (κ2) is 12.3.